The van der Waals surface area contributed by atoms with Gasteiger partial charge < -0.3 is 15.0 Å². The third-order valence-corrected chi connectivity index (χ3v) is 4.91. The lowest BCUT2D eigenvalue weighted by molar-refractivity contribution is -0.132. The van der Waals surface area contributed by atoms with Crippen LogP contribution < -0.4 is 5.32 Å². The van der Waals surface area contributed by atoms with Crippen molar-refractivity contribution in [3.8, 4) is 0 Å². The Labute approximate surface area is 170 Å². The molecule has 2 atom stereocenters. The number of benzene rings is 1. The molecular weight excluding hydrogens is 373 g/mol. The molecular formula is C19H33Cl2N3O2. The first kappa shape index (κ1) is 25.1. The number of hydrogen-bond acceptors (Lipinski definition) is 4. The predicted octanol–water partition coefficient (Wildman–Crippen LogP) is 2.58. The van der Waals surface area contributed by atoms with Crippen LogP contribution >= 0.6 is 24.8 Å². The number of ether oxygens (including phenoxy) is 1. The molecule has 1 aliphatic rings. The van der Waals surface area contributed by atoms with E-state index in [0.29, 0.717) is 31.8 Å². The number of likely N-dealkylation sites (N-methyl/N-ethyl adjacent to an activating group) is 1. The molecule has 1 fully saturated rings. The third kappa shape index (κ3) is 7.80. The Bertz CT molecular complexity index is 505. The molecule has 0 aromatic heterocycles. The van der Waals surface area contributed by atoms with Crippen molar-refractivity contribution in [2.75, 3.05) is 40.4 Å². The number of rotatable bonds is 8. The molecule has 26 heavy (non-hydrogen) atoms. The van der Waals surface area contributed by atoms with Gasteiger partial charge in [0.1, 0.15) is 0 Å². The van der Waals surface area contributed by atoms with Gasteiger partial charge in [-0.2, -0.15) is 0 Å². The molecule has 0 bridgehead atoms. The van der Waals surface area contributed by atoms with E-state index in [2.05, 4.69) is 47.5 Å². The number of likely N-dealkylation sites (tertiary alicyclic amines) is 1. The molecule has 1 aliphatic heterocycles. The molecule has 0 spiro atoms. The summed E-state index contributed by atoms with van der Waals surface area (Å²) in [5.74, 6) is 0.166. The van der Waals surface area contributed by atoms with E-state index in [9.17, 15) is 4.79 Å². The van der Waals surface area contributed by atoms with Gasteiger partial charge in [-0.25, -0.2) is 0 Å². The van der Waals surface area contributed by atoms with E-state index < -0.39 is 0 Å². The first-order chi connectivity index (χ1) is 11.6. The lowest BCUT2D eigenvalue weighted by Crippen LogP contribution is -2.50. The van der Waals surface area contributed by atoms with E-state index in [0.717, 1.165) is 25.9 Å². The van der Waals surface area contributed by atoms with Gasteiger partial charge >= 0.3 is 0 Å². The maximum absolute atomic E-state index is 12.3. The van der Waals surface area contributed by atoms with E-state index in [1.165, 1.54) is 5.56 Å². The molecule has 0 saturated carbocycles. The highest BCUT2D eigenvalue weighted by atomic mass is 35.5. The fourth-order valence-corrected chi connectivity index (χ4v) is 3.30. The minimum absolute atomic E-state index is 0. The van der Waals surface area contributed by atoms with Gasteiger partial charge in [0.05, 0.1) is 13.2 Å². The number of methoxy groups -OCH3 is 1. The molecule has 7 heteroatoms. The summed E-state index contributed by atoms with van der Waals surface area (Å²) in [5, 5.41) is 3.13. The second-order valence-electron chi connectivity index (χ2n) is 6.66. The predicted molar refractivity (Wildman–Crippen MR) is 111 cm³/mol. The summed E-state index contributed by atoms with van der Waals surface area (Å²) in [5.41, 5.74) is 1.36. The largest absolute Gasteiger partial charge is 0.383 e. The van der Waals surface area contributed by atoms with Crippen LogP contribution in [0.25, 0.3) is 0 Å². The fraction of sp³-hybridized carbons (Fsp3) is 0.632. The second-order valence-corrected chi connectivity index (χ2v) is 6.66. The number of amides is 1. The van der Waals surface area contributed by atoms with Gasteiger partial charge in [-0.15, -0.1) is 24.8 Å². The standard InChI is InChI=1S/C19H31N3O2.2ClH/c1-16-13-18(21(2)19(23)14-20-10-12-24-3)9-11-22(16)15-17-7-5-4-6-8-17;;/h4-8,16,18,20H,9-15H2,1-3H3;2*1H. The second kappa shape index (κ2) is 13.3. The van der Waals surface area contributed by atoms with Crippen LogP contribution in [0.4, 0.5) is 0 Å². The van der Waals surface area contributed by atoms with E-state index in [1.54, 1.807) is 7.11 Å². The molecule has 1 aromatic carbocycles. The average Bonchev–Trinajstić information content (AvgIpc) is 2.60. The van der Waals surface area contributed by atoms with Crippen molar-refractivity contribution in [2.45, 2.75) is 38.4 Å². The van der Waals surface area contributed by atoms with Crippen LogP contribution in [0.2, 0.25) is 0 Å². The number of nitrogens with zero attached hydrogens (tertiary/aromatic N) is 2. The Kier molecular flexibility index (Phi) is 12.9. The molecule has 1 amide bonds. The van der Waals surface area contributed by atoms with Crippen molar-refractivity contribution in [1.29, 1.82) is 0 Å². The fourth-order valence-electron chi connectivity index (χ4n) is 3.30. The van der Waals surface area contributed by atoms with Crippen molar-refractivity contribution in [3.05, 3.63) is 35.9 Å². The topological polar surface area (TPSA) is 44.8 Å². The summed E-state index contributed by atoms with van der Waals surface area (Å²) in [7, 11) is 3.60. The number of nitrogens with one attached hydrogen (secondary N) is 1. The number of piperidine rings is 1. The van der Waals surface area contributed by atoms with Gasteiger partial charge in [-0.3, -0.25) is 9.69 Å². The number of carbonyl (C=O) groups excluding carboxylic acids is 1. The van der Waals surface area contributed by atoms with Crippen molar-refractivity contribution < 1.29 is 9.53 Å². The van der Waals surface area contributed by atoms with Crippen LogP contribution in [0.5, 0.6) is 0 Å². The summed E-state index contributed by atoms with van der Waals surface area (Å²) in [4.78, 5) is 16.7. The quantitative estimate of drug-likeness (QED) is 0.674. The van der Waals surface area contributed by atoms with E-state index in [-0.39, 0.29) is 30.7 Å². The molecule has 150 valence electrons. The summed E-state index contributed by atoms with van der Waals surface area (Å²) in [6.45, 7) is 6.02. The minimum Gasteiger partial charge on any atom is -0.383 e. The minimum atomic E-state index is 0. The maximum Gasteiger partial charge on any atom is 0.236 e. The number of carbonyl (C=O) groups is 1. The zero-order valence-electron chi connectivity index (χ0n) is 16.0. The van der Waals surface area contributed by atoms with E-state index in [4.69, 9.17) is 4.74 Å². The Balaban J connectivity index is 0.00000312. The first-order valence-corrected chi connectivity index (χ1v) is 8.85. The van der Waals surface area contributed by atoms with Gasteiger partial charge in [0.15, 0.2) is 0 Å². The molecule has 5 nitrogen and oxygen atoms in total. The maximum atomic E-state index is 12.3. The normalized spacial score (nSPS) is 20.0. The SMILES string of the molecule is COCCNCC(=O)N(C)C1CCN(Cc2ccccc2)C(C)C1.Cl.Cl. The monoisotopic (exact) mass is 405 g/mol. The third-order valence-electron chi connectivity index (χ3n) is 4.91. The Morgan fingerprint density at radius 1 is 1.31 bits per heavy atom. The summed E-state index contributed by atoms with van der Waals surface area (Å²) in [6, 6.07) is 11.4. The highest BCUT2D eigenvalue weighted by Crippen LogP contribution is 2.22. The van der Waals surface area contributed by atoms with Crippen molar-refractivity contribution >= 4 is 30.7 Å². The molecule has 1 saturated heterocycles. The van der Waals surface area contributed by atoms with Crippen LogP contribution in [0.1, 0.15) is 25.3 Å². The van der Waals surface area contributed by atoms with Gasteiger partial charge in [-0.05, 0) is 25.3 Å². The molecule has 2 unspecified atom stereocenters. The zero-order valence-corrected chi connectivity index (χ0v) is 17.7. The van der Waals surface area contributed by atoms with Crippen LogP contribution in [-0.2, 0) is 16.1 Å². The van der Waals surface area contributed by atoms with Gasteiger partial charge in [0.2, 0.25) is 5.91 Å². The molecule has 1 aromatic rings. The van der Waals surface area contributed by atoms with Crippen LogP contribution in [0.15, 0.2) is 30.3 Å². The Morgan fingerprint density at radius 2 is 2.00 bits per heavy atom. The first-order valence-electron chi connectivity index (χ1n) is 8.85. The molecule has 0 aliphatic carbocycles. The van der Waals surface area contributed by atoms with Crippen LogP contribution in [-0.4, -0.2) is 68.2 Å². The number of halogens is 2. The molecule has 2 rings (SSSR count). The highest BCUT2D eigenvalue weighted by molar-refractivity contribution is 5.85. The van der Waals surface area contributed by atoms with Crippen molar-refractivity contribution in [2.24, 2.45) is 0 Å². The van der Waals surface area contributed by atoms with E-state index >= 15 is 0 Å². The highest BCUT2D eigenvalue weighted by Gasteiger charge is 2.29. The molecule has 1 heterocycles. The Hall–Kier alpha value is -0.850. The van der Waals surface area contributed by atoms with Gasteiger partial charge in [0, 0.05) is 45.9 Å². The lowest BCUT2D eigenvalue weighted by Gasteiger charge is -2.41. The summed E-state index contributed by atoms with van der Waals surface area (Å²) >= 11 is 0. The Morgan fingerprint density at radius 3 is 2.62 bits per heavy atom. The molecule has 1 N–H and O–H groups in total. The summed E-state index contributed by atoms with van der Waals surface area (Å²) < 4.78 is 4.98. The smallest absolute Gasteiger partial charge is 0.236 e. The lowest BCUT2D eigenvalue weighted by atomic mass is 9.96. The van der Waals surface area contributed by atoms with E-state index in [1.807, 2.05) is 11.9 Å². The zero-order chi connectivity index (χ0) is 17.4. The van der Waals surface area contributed by atoms with Crippen molar-refractivity contribution in [3.63, 3.8) is 0 Å². The number of hydrogen-bond donors (Lipinski definition) is 1. The summed E-state index contributed by atoms with van der Waals surface area (Å²) in [6.07, 6.45) is 2.07. The molecule has 0 radical (unpaired) electrons. The van der Waals surface area contributed by atoms with Crippen molar-refractivity contribution in [1.82, 2.24) is 15.1 Å². The van der Waals surface area contributed by atoms with Gasteiger partial charge in [-0.1, -0.05) is 30.3 Å². The van der Waals surface area contributed by atoms with Crippen LogP contribution in [0.3, 0.4) is 0 Å². The van der Waals surface area contributed by atoms with Gasteiger partial charge in [0.25, 0.3) is 0 Å². The average molecular weight is 406 g/mol. The van der Waals surface area contributed by atoms with Crippen LogP contribution in [0, 0.1) is 0 Å².